The lowest BCUT2D eigenvalue weighted by Gasteiger charge is -2.18. The quantitative estimate of drug-likeness (QED) is 0.0261. The summed E-state index contributed by atoms with van der Waals surface area (Å²) in [6, 6.07) is 0. The van der Waals surface area contributed by atoms with Crippen molar-refractivity contribution in [2.75, 3.05) is 13.2 Å². The second-order valence-electron chi connectivity index (χ2n) is 21.7. The highest BCUT2D eigenvalue weighted by Gasteiger charge is 2.19. The van der Waals surface area contributed by atoms with Crippen LogP contribution in [0.3, 0.4) is 0 Å². The van der Waals surface area contributed by atoms with Crippen LogP contribution in [-0.4, -0.2) is 37.2 Å². The number of carbonyl (C=O) groups is 3. The molecule has 0 amide bonds. The van der Waals surface area contributed by atoms with Gasteiger partial charge in [0.15, 0.2) is 6.10 Å². The molecule has 0 aliphatic rings. The van der Waals surface area contributed by atoms with Gasteiger partial charge in [0.25, 0.3) is 0 Å². The lowest BCUT2D eigenvalue weighted by atomic mass is 10.0. The molecule has 0 rings (SSSR count). The Balaban J connectivity index is 4.02. The van der Waals surface area contributed by atoms with Crippen molar-refractivity contribution in [3.8, 4) is 0 Å². The Kier molecular flexibility index (Phi) is 58.1. The van der Waals surface area contributed by atoms with Crippen molar-refractivity contribution in [2.45, 2.75) is 367 Å². The third-order valence-electron chi connectivity index (χ3n) is 14.5. The number of hydrogen-bond donors (Lipinski definition) is 0. The van der Waals surface area contributed by atoms with Crippen LogP contribution in [0.1, 0.15) is 361 Å². The molecule has 0 heterocycles. The van der Waals surface area contributed by atoms with Crippen molar-refractivity contribution in [3.63, 3.8) is 0 Å². The van der Waals surface area contributed by atoms with E-state index in [1.807, 2.05) is 0 Å². The molecule has 6 nitrogen and oxygen atoms in total. The highest BCUT2D eigenvalue weighted by Crippen LogP contribution is 2.18. The summed E-state index contributed by atoms with van der Waals surface area (Å²) in [5.41, 5.74) is 0. The molecular formula is C64H122O6. The molecule has 70 heavy (non-hydrogen) atoms. The van der Waals surface area contributed by atoms with Gasteiger partial charge in [-0.2, -0.15) is 0 Å². The molecule has 0 bridgehead atoms. The smallest absolute Gasteiger partial charge is 0.306 e. The van der Waals surface area contributed by atoms with E-state index in [0.29, 0.717) is 19.3 Å². The van der Waals surface area contributed by atoms with E-state index >= 15 is 0 Å². The van der Waals surface area contributed by atoms with E-state index in [9.17, 15) is 14.4 Å². The molecule has 0 aliphatic heterocycles. The normalized spacial score (nSPS) is 12.0. The number of ether oxygens (including phenoxy) is 3. The summed E-state index contributed by atoms with van der Waals surface area (Å²) in [5, 5.41) is 0. The third-order valence-corrected chi connectivity index (χ3v) is 14.5. The number of carbonyl (C=O) groups excluding carboxylic acids is 3. The van der Waals surface area contributed by atoms with E-state index in [1.54, 1.807) is 0 Å². The van der Waals surface area contributed by atoms with Crippen molar-refractivity contribution in [1.29, 1.82) is 0 Å². The van der Waals surface area contributed by atoms with E-state index in [1.165, 1.54) is 263 Å². The number of allylic oxidation sites excluding steroid dienone is 2. The molecule has 0 aliphatic carbocycles. The molecule has 6 heteroatoms. The van der Waals surface area contributed by atoms with Gasteiger partial charge < -0.3 is 14.2 Å². The first kappa shape index (κ1) is 68.2. The number of hydrogen-bond acceptors (Lipinski definition) is 6. The average Bonchev–Trinajstić information content (AvgIpc) is 3.36. The highest BCUT2D eigenvalue weighted by molar-refractivity contribution is 5.71. The maximum absolute atomic E-state index is 12.8. The van der Waals surface area contributed by atoms with Crippen LogP contribution in [-0.2, 0) is 28.6 Å². The fourth-order valence-electron chi connectivity index (χ4n) is 9.74. The minimum absolute atomic E-state index is 0.0656. The Morgan fingerprint density at radius 1 is 0.271 bits per heavy atom. The van der Waals surface area contributed by atoms with Crippen LogP contribution < -0.4 is 0 Å². The monoisotopic (exact) mass is 987 g/mol. The lowest BCUT2D eigenvalue weighted by Crippen LogP contribution is -2.30. The fraction of sp³-hybridized carbons (Fsp3) is 0.922. The van der Waals surface area contributed by atoms with Gasteiger partial charge in [-0.3, -0.25) is 14.4 Å². The van der Waals surface area contributed by atoms with Crippen molar-refractivity contribution in [1.82, 2.24) is 0 Å². The van der Waals surface area contributed by atoms with Crippen LogP contribution in [0.4, 0.5) is 0 Å². The van der Waals surface area contributed by atoms with Crippen LogP contribution in [0.2, 0.25) is 0 Å². The summed E-state index contributed by atoms with van der Waals surface area (Å²) in [7, 11) is 0. The first-order valence-electron chi connectivity index (χ1n) is 31.7. The standard InChI is InChI=1S/C64H122O6/c1-4-7-10-13-16-18-20-22-24-26-28-30-31-32-33-35-36-38-40-42-44-46-48-51-54-57-63(66)69-60-61(59-68-62(65)56-53-50-15-12-9-6-3)70-64(67)58-55-52-49-47-45-43-41-39-37-34-29-27-25-23-21-19-17-14-11-8-5-2/h27,29,61H,4-26,28,30-60H2,1-3H3/b29-27-. The maximum Gasteiger partial charge on any atom is 0.306 e. The molecule has 0 aromatic carbocycles. The first-order chi connectivity index (χ1) is 34.5. The highest BCUT2D eigenvalue weighted by atomic mass is 16.6. The van der Waals surface area contributed by atoms with Crippen LogP contribution >= 0.6 is 0 Å². The SMILES string of the molecule is CCCCCCCCCC/C=C\CCCCCCCCCCCC(=O)OC(COC(=O)CCCCCCCC)COC(=O)CCCCCCCCCCCCCCCCCCCCCCCCCCC. The molecule has 0 aromatic rings. The predicted molar refractivity (Wildman–Crippen MR) is 303 cm³/mol. The molecule has 0 saturated carbocycles. The number of rotatable bonds is 59. The first-order valence-corrected chi connectivity index (χ1v) is 31.7. The summed E-state index contributed by atoms with van der Waals surface area (Å²) >= 11 is 0. The van der Waals surface area contributed by atoms with E-state index in [4.69, 9.17) is 14.2 Å². The van der Waals surface area contributed by atoms with Crippen molar-refractivity contribution >= 4 is 17.9 Å². The second-order valence-corrected chi connectivity index (χ2v) is 21.7. The fourth-order valence-corrected chi connectivity index (χ4v) is 9.74. The third kappa shape index (κ3) is 57.1. The second kappa shape index (κ2) is 59.7. The van der Waals surface area contributed by atoms with Gasteiger partial charge >= 0.3 is 17.9 Å². The molecule has 1 atom stereocenters. The van der Waals surface area contributed by atoms with Crippen molar-refractivity contribution in [2.24, 2.45) is 0 Å². The molecule has 0 spiro atoms. The minimum Gasteiger partial charge on any atom is -0.462 e. The van der Waals surface area contributed by atoms with E-state index in [0.717, 1.165) is 57.8 Å². The Morgan fingerprint density at radius 2 is 0.471 bits per heavy atom. The van der Waals surface area contributed by atoms with Crippen LogP contribution in [0.25, 0.3) is 0 Å². The van der Waals surface area contributed by atoms with Crippen LogP contribution in [0.15, 0.2) is 12.2 Å². The van der Waals surface area contributed by atoms with Crippen LogP contribution in [0, 0.1) is 0 Å². The Labute approximate surface area is 437 Å². The van der Waals surface area contributed by atoms with Gasteiger partial charge in [0, 0.05) is 19.3 Å². The van der Waals surface area contributed by atoms with Gasteiger partial charge in [-0.15, -0.1) is 0 Å². The van der Waals surface area contributed by atoms with Gasteiger partial charge in [-0.05, 0) is 44.9 Å². The van der Waals surface area contributed by atoms with Gasteiger partial charge in [0.1, 0.15) is 13.2 Å². The molecule has 1 unspecified atom stereocenters. The van der Waals surface area contributed by atoms with E-state index < -0.39 is 6.10 Å². The van der Waals surface area contributed by atoms with Gasteiger partial charge in [0.05, 0.1) is 0 Å². The number of unbranched alkanes of at least 4 members (excludes halogenated alkanes) is 46. The Hall–Kier alpha value is -1.85. The van der Waals surface area contributed by atoms with Gasteiger partial charge in [0.2, 0.25) is 0 Å². The number of esters is 3. The topological polar surface area (TPSA) is 78.9 Å². The molecule has 414 valence electrons. The molecule has 0 fully saturated rings. The lowest BCUT2D eigenvalue weighted by molar-refractivity contribution is -0.167. The van der Waals surface area contributed by atoms with Gasteiger partial charge in [-0.25, -0.2) is 0 Å². The Morgan fingerprint density at radius 3 is 0.714 bits per heavy atom. The van der Waals surface area contributed by atoms with Crippen molar-refractivity contribution < 1.29 is 28.6 Å². The van der Waals surface area contributed by atoms with Crippen LogP contribution in [0.5, 0.6) is 0 Å². The molecular weight excluding hydrogens is 865 g/mol. The largest absolute Gasteiger partial charge is 0.462 e. The summed E-state index contributed by atoms with van der Waals surface area (Å²) in [6.45, 7) is 6.65. The maximum atomic E-state index is 12.8. The predicted octanol–water partition coefficient (Wildman–Crippen LogP) is 21.3. The zero-order valence-corrected chi connectivity index (χ0v) is 47.6. The zero-order valence-electron chi connectivity index (χ0n) is 47.6. The summed E-state index contributed by atoms with van der Waals surface area (Å²) in [6.07, 6.45) is 69.8. The summed E-state index contributed by atoms with van der Waals surface area (Å²) in [5.74, 6) is -0.853. The van der Waals surface area contributed by atoms with Crippen molar-refractivity contribution in [3.05, 3.63) is 12.2 Å². The van der Waals surface area contributed by atoms with Gasteiger partial charge in [-0.1, -0.05) is 309 Å². The molecule has 0 N–H and O–H groups in total. The summed E-state index contributed by atoms with van der Waals surface area (Å²) in [4.78, 5) is 38.0. The average molecular weight is 988 g/mol. The minimum atomic E-state index is -0.764. The molecule has 0 radical (unpaired) electrons. The molecule has 0 aromatic heterocycles. The summed E-state index contributed by atoms with van der Waals surface area (Å²) < 4.78 is 16.8. The zero-order chi connectivity index (χ0) is 50.7. The Bertz CT molecular complexity index is 1090. The van der Waals surface area contributed by atoms with E-state index in [2.05, 4.69) is 32.9 Å². The van der Waals surface area contributed by atoms with E-state index in [-0.39, 0.29) is 31.1 Å². The molecule has 0 saturated heterocycles.